The molecule has 0 aromatic heterocycles. The number of carbonyl (C=O) groups excluding carboxylic acids is 3. The average Bonchev–Trinajstić information content (AvgIpc) is 1.09. The molecular weight excluding hydrogens is 1310 g/mol. The van der Waals surface area contributed by atoms with Gasteiger partial charge in [0.1, 0.15) is 25.4 Å². The average molecular weight is 1450 g/mol. The molecule has 0 aromatic carbocycles. The van der Waals surface area contributed by atoms with Gasteiger partial charge in [0, 0.05) is 19.3 Å². The molecule has 18 heteroatoms. The van der Waals surface area contributed by atoms with Gasteiger partial charge in [0.25, 0.3) is 0 Å². The summed E-state index contributed by atoms with van der Waals surface area (Å²) >= 11 is 0. The number of aliphatic hydroxyl groups is 2. The van der Waals surface area contributed by atoms with Gasteiger partial charge < -0.3 is 34.2 Å². The van der Waals surface area contributed by atoms with Crippen molar-refractivity contribution in [2.75, 3.05) is 39.6 Å². The van der Waals surface area contributed by atoms with E-state index >= 15 is 0 Å². The Hall–Kier alpha value is -4.83. The second kappa shape index (κ2) is 74.9. The fourth-order valence-corrected chi connectivity index (χ4v) is 11.5. The highest BCUT2D eigenvalue weighted by molar-refractivity contribution is 7.47. The first kappa shape index (κ1) is 96.2. The molecule has 0 aliphatic rings. The zero-order chi connectivity index (χ0) is 73.7. The lowest BCUT2D eigenvalue weighted by Gasteiger charge is -2.21. The minimum atomic E-state index is -4.95. The molecule has 5 atom stereocenters. The molecule has 0 aliphatic heterocycles. The van der Waals surface area contributed by atoms with Crippen LogP contribution in [0.3, 0.4) is 0 Å². The van der Waals surface area contributed by atoms with Crippen molar-refractivity contribution < 1.29 is 75.8 Å². The lowest BCUT2D eigenvalue weighted by molar-refractivity contribution is -0.161. The van der Waals surface area contributed by atoms with Crippen LogP contribution in [0.2, 0.25) is 0 Å². The van der Waals surface area contributed by atoms with Crippen LogP contribution in [0.15, 0.2) is 158 Å². The molecule has 0 amide bonds. The number of aliphatic hydroxyl groups excluding tert-OH is 2. The minimum Gasteiger partial charge on any atom is -0.463 e. The van der Waals surface area contributed by atoms with Crippen molar-refractivity contribution in [3.63, 3.8) is 0 Å². The Bertz CT molecular complexity index is 2470. The largest absolute Gasteiger partial charge is 0.472 e. The highest BCUT2D eigenvalue weighted by atomic mass is 31.2. The number of hydrogen-bond donors (Lipinski definition) is 4. The zero-order valence-corrected chi connectivity index (χ0v) is 64.6. The van der Waals surface area contributed by atoms with Crippen LogP contribution in [0.25, 0.3) is 0 Å². The van der Waals surface area contributed by atoms with E-state index in [1.165, 1.54) is 83.5 Å². The molecule has 5 unspecified atom stereocenters. The van der Waals surface area contributed by atoms with Crippen LogP contribution in [-0.2, 0) is 55.8 Å². The van der Waals surface area contributed by atoms with E-state index in [-0.39, 0.29) is 19.3 Å². The van der Waals surface area contributed by atoms with E-state index in [4.69, 9.17) is 32.3 Å². The van der Waals surface area contributed by atoms with Gasteiger partial charge in [0.2, 0.25) is 0 Å². The number of rotatable bonds is 72. The van der Waals surface area contributed by atoms with Crippen molar-refractivity contribution in [3.05, 3.63) is 158 Å². The summed E-state index contributed by atoms with van der Waals surface area (Å²) in [5.74, 6) is -1.65. The van der Waals surface area contributed by atoms with Gasteiger partial charge >= 0.3 is 33.6 Å². The number of carbonyl (C=O) groups is 3. The molecule has 576 valence electrons. The van der Waals surface area contributed by atoms with Crippen molar-refractivity contribution in [1.82, 2.24) is 0 Å². The fraction of sp³-hybridized carbons (Fsp3) is 0.651. The van der Waals surface area contributed by atoms with Crippen LogP contribution in [0.4, 0.5) is 0 Å². The van der Waals surface area contributed by atoms with Crippen molar-refractivity contribution in [3.8, 4) is 0 Å². The number of phosphoric acid groups is 2. The van der Waals surface area contributed by atoms with E-state index in [9.17, 15) is 43.5 Å². The third-order valence-electron chi connectivity index (χ3n) is 15.7. The molecular formula is C83H138O16P2. The predicted molar refractivity (Wildman–Crippen MR) is 417 cm³/mol. The molecule has 0 spiro atoms. The van der Waals surface area contributed by atoms with Crippen LogP contribution < -0.4 is 0 Å². The lowest BCUT2D eigenvalue weighted by Crippen LogP contribution is -2.30. The molecule has 0 saturated carbocycles. The molecule has 0 saturated heterocycles. The summed E-state index contributed by atoms with van der Waals surface area (Å²) in [7, 11) is -9.82. The molecule has 16 nitrogen and oxygen atoms in total. The minimum absolute atomic E-state index is 0.0697. The van der Waals surface area contributed by atoms with Gasteiger partial charge in [0.05, 0.1) is 26.4 Å². The Morgan fingerprint density at radius 2 is 0.525 bits per heavy atom. The second-order valence-electron chi connectivity index (χ2n) is 25.4. The maximum atomic E-state index is 12.9. The summed E-state index contributed by atoms with van der Waals surface area (Å²) in [5, 5.41) is 20.6. The number of esters is 3. The Labute approximate surface area is 612 Å². The molecule has 4 N–H and O–H groups in total. The molecule has 0 aliphatic carbocycles. The highest BCUT2D eigenvalue weighted by Crippen LogP contribution is 2.45. The van der Waals surface area contributed by atoms with Crippen LogP contribution in [0, 0.1) is 0 Å². The van der Waals surface area contributed by atoms with Crippen LogP contribution in [-0.4, -0.2) is 95.9 Å². The maximum Gasteiger partial charge on any atom is 0.472 e. The van der Waals surface area contributed by atoms with Crippen LogP contribution in [0.5, 0.6) is 0 Å². The summed E-state index contributed by atoms with van der Waals surface area (Å²) < 4.78 is 61.0. The van der Waals surface area contributed by atoms with Gasteiger partial charge in [-0.1, -0.05) is 281 Å². The number of ether oxygens (including phenoxy) is 3. The van der Waals surface area contributed by atoms with Crippen molar-refractivity contribution >= 4 is 33.6 Å². The van der Waals surface area contributed by atoms with Crippen LogP contribution >= 0.6 is 15.6 Å². The summed E-state index contributed by atoms with van der Waals surface area (Å²) in [5.41, 5.74) is 0. The van der Waals surface area contributed by atoms with Gasteiger partial charge in [-0.3, -0.25) is 32.5 Å². The monoisotopic (exact) mass is 1450 g/mol. The van der Waals surface area contributed by atoms with E-state index in [1.807, 2.05) is 0 Å². The third-order valence-corrected chi connectivity index (χ3v) is 17.6. The molecule has 0 rings (SSSR count). The van der Waals surface area contributed by atoms with E-state index in [1.54, 1.807) is 0 Å². The summed E-state index contributed by atoms with van der Waals surface area (Å²) in [6, 6.07) is 0. The lowest BCUT2D eigenvalue weighted by atomic mass is 10.0. The van der Waals surface area contributed by atoms with Crippen molar-refractivity contribution in [2.45, 2.75) is 309 Å². The quantitative estimate of drug-likeness (QED) is 0.0146. The van der Waals surface area contributed by atoms with Crippen molar-refractivity contribution in [2.24, 2.45) is 0 Å². The number of hydrogen-bond acceptors (Lipinski definition) is 14. The number of unbranched alkanes of at least 4 members (excludes halogenated alkanes) is 23. The van der Waals surface area contributed by atoms with E-state index in [0.29, 0.717) is 19.3 Å². The van der Waals surface area contributed by atoms with E-state index in [0.717, 1.165) is 148 Å². The van der Waals surface area contributed by atoms with Gasteiger partial charge in [-0.15, -0.1) is 0 Å². The van der Waals surface area contributed by atoms with E-state index in [2.05, 4.69) is 179 Å². The molecule has 0 fully saturated rings. The van der Waals surface area contributed by atoms with Crippen LogP contribution in [0.1, 0.15) is 290 Å². The topological polar surface area (TPSA) is 231 Å². The van der Waals surface area contributed by atoms with Crippen molar-refractivity contribution in [1.29, 1.82) is 0 Å². The first-order valence-corrected chi connectivity index (χ1v) is 41.8. The Balaban J connectivity index is 4.58. The second-order valence-corrected chi connectivity index (χ2v) is 28.3. The normalized spacial score (nSPS) is 14.9. The smallest absolute Gasteiger partial charge is 0.463 e. The Morgan fingerprint density at radius 3 is 0.851 bits per heavy atom. The van der Waals surface area contributed by atoms with Gasteiger partial charge in [0.15, 0.2) is 6.10 Å². The highest BCUT2D eigenvalue weighted by Gasteiger charge is 2.29. The molecule has 0 aromatic rings. The number of allylic oxidation sites excluding steroid dienone is 26. The summed E-state index contributed by atoms with van der Waals surface area (Å²) in [6.45, 7) is 2.34. The first-order chi connectivity index (χ1) is 49.2. The van der Waals surface area contributed by atoms with Gasteiger partial charge in [-0.05, 0) is 148 Å². The molecule has 0 heterocycles. The number of phosphoric ester groups is 2. The maximum absolute atomic E-state index is 12.9. The SMILES string of the molecule is CC/C=C\C/C=C\C/C=C\C/C=C\C/C=C\C/C=C\CCCCC(=O)OCC(COP(=O)(O)OCC(O)COP(=O)(O)OCC(O)COC(=O)CCCCCCCCCCCCCCC/C=C\C/C=C\C/C=C\C/C=C\CCCCC)OC(=O)CCCCCCC/C=C\C/C=C\C/C=C\CC. The molecule has 0 bridgehead atoms. The Kier molecular flexibility index (Phi) is 71.3. The standard InChI is InChI=1S/C83H138O16P2/c1-4-7-10-13-16-19-22-25-28-30-32-34-35-36-37-38-39-40-41-43-45-46-49-51-54-57-60-63-66-69-81(86)93-72-78(84)73-95-100(89,90)96-74-79(85)75-97-101(91,92)98-77-80(99-83(88)71-68-65-62-59-56-53-48-27-24-21-18-15-12-9-6-3)76-94-82(87)70-67-64-61-58-55-52-50-47-44-42-33-31-29-26-23-20-17-14-11-8-5-2/h8-9,11-12,16-21,25-29,32-34,36-37,42,47-48,50,55,58,78-80,84-85H,4-7,10,13-15,22-24,30-31,35,38-41,43-46,49,51-54,56-57,59-77H2,1-3H3,(H,89,90)(H,91,92)/b11-8-,12-9-,19-16-,20-17-,21-18-,28-25-,29-26-,34-32-,37-36-,42-33-,48-27-,50-47-,58-55-. The Morgan fingerprint density at radius 1 is 0.287 bits per heavy atom. The van der Waals surface area contributed by atoms with Gasteiger partial charge in [-0.2, -0.15) is 0 Å². The summed E-state index contributed by atoms with van der Waals surface area (Å²) in [4.78, 5) is 58.6. The fourth-order valence-electron chi connectivity index (χ4n) is 9.87. The van der Waals surface area contributed by atoms with Gasteiger partial charge in [-0.25, -0.2) is 9.13 Å². The first-order valence-electron chi connectivity index (χ1n) is 38.8. The zero-order valence-electron chi connectivity index (χ0n) is 62.8. The molecule has 0 radical (unpaired) electrons. The third kappa shape index (κ3) is 76.1. The molecule has 101 heavy (non-hydrogen) atoms. The summed E-state index contributed by atoms with van der Waals surface area (Å²) in [6.07, 6.45) is 93.0. The van der Waals surface area contributed by atoms with E-state index < -0.39 is 91.5 Å². The predicted octanol–water partition coefficient (Wildman–Crippen LogP) is 22.6.